The summed E-state index contributed by atoms with van der Waals surface area (Å²) < 4.78 is 21.4. The number of quaternary nitrogens is 1. The van der Waals surface area contributed by atoms with E-state index in [0.717, 1.165) is 79.6 Å². The lowest BCUT2D eigenvalue weighted by Crippen LogP contribution is -2.67. The first kappa shape index (κ1) is 87.2. The summed E-state index contributed by atoms with van der Waals surface area (Å²) in [5, 5.41) is 78.6. The number of nitrogens with two attached hydrogens (primary N) is 3. The molecule has 0 bridgehead atoms. The minimum absolute atomic E-state index is 0.0197. The van der Waals surface area contributed by atoms with Gasteiger partial charge in [-0.2, -0.15) is 5.10 Å². The average molecular weight is 1470 g/mol. The number of amides is 10. The van der Waals surface area contributed by atoms with E-state index in [1.807, 2.05) is 57.2 Å². The molecule has 34 heteroatoms. The Balaban J connectivity index is 1.60. The SMILES string of the molecule is CCc1cc(OCCCC[NH3+])ccc1-c1ccc(CC(NC(=O)C(CC(=O)O)NC(=O)C(CO)NC(=O)C(NC(=O)C(C)(Cc2ccccc2F)NC(=O)C(NC(=O)CNC(O)C(CC(=NN)NNC)NC(=O)C(C)(C)C(N)=O)C(C)O)C(C)O)C(=O)NC(CCCc2cc(C)cc(C)c2)C(N)=O)cc1. The minimum atomic E-state index is -2.38. The summed E-state index contributed by atoms with van der Waals surface area (Å²) in [6, 6.07) is 11.4. The molecule has 4 rings (SSSR count). The monoisotopic (exact) mass is 1470 g/mol. The van der Waals surface area contributed by atoms with Gasteiger partial charge < -0.3 is 101 Å². The van der Waals surface area contributed by atoms with Crippen LogP contribution in [0.2, 0.25) is 0 Å². The fraction of sp³-hybridized carbons (Fsp3) is 0.493. The highest BCUT2D eigenvalue weighted by molar-refractivity contribution is 6.04. The molecule has 0 saturated heterocycles. The van der Waals surface area contributed by atoms with E-state index in [1.165, 1.54) is 39.1 Å². The Bertz CT molecular complexity index is 3670. The number of primary amides is 2. The summed E-state index contributed by atoms with van der Waals surface area (Å²) in [7, 11) is 1.46. The molecule has 0 spiro atoms. The van der Waals surface area contributed by atoms with E-state index < -0.39 is 169 Å². The third-order valence-electron chi connectivity index (χ3n) is 17.2. The van der Waals surface area contributed by atoms with E-state index in [1.54, 1.807) is 24.3 Å². The lowest BCUT2D eigenvalue weighted by atomic mass is 9.90. The molecular weight excluding hydrogens is 1370 g/mol. The zero-order chi connectivity index (χ0) is 78.5. The van der Waals surface area contributed by atoms with Crippen molar-refractivity contribution in [3.63, 3.8) is 0 Å². The van der Waals surface area contributed by atoms with Gasteiger partial charge in [0.15, 0.2) is 0 Å². The van der Waals surface area contributed by atoms with Gasteiger partial charge in [-0.3, -0.25) is 58.1 Å². The number of carbonyl (C=O) groups is 11. The fourth-order valence-electron chi connectivity index (χ4n) is 11.1. The Labute approximate surface area is 608 Å². The van der Waals surface area contributed by atoms with Crippen molar-refractivity contribution in [1.82, 2.24) is 58.7 Å². The van der Waals surface area contributed by atoms with Crippen LogP contribution in [-0.2, 0) is 78.4 Å². The number of aliphatic hydroxyl groups excluding tert-OH is 4. The number of rotatable bonds is 44. The minimum Gasteiger partial charge on any atom is -0.494 e. The molecule has 0 heterocycles. The second-order valence-corrected chi connectivity index (χ2v) is 26.4. The van der Waals surface area contributed by atoms with Crippen LogP contribution >= 0.6 is 0 Å². The van der Waals surface area contributed by atoms with Gasteiger partial charge in [0.2, 0.25) is 59.1 Å². The number of benzene rings is 4. The van der Waals surface area contributed by atoms with E-state index in [4.69, 9.17) is 22.0 Å². The van der Waals surface area contributed by atoms with E-state index in [0.29, 0.717) is 37.2 Å². The lowest BCUT2D eigenvalue weighted by molar-refractivity contribution is -0.368. The average Bonchev–Trinajstić information content (AvgIpc) is 0.779. The van der Waals surface area contributed by atoms with Crippen molar-refractivity contribution in [2.24, 2.45) is 27.8 Å². The number of carboxylic acids is 1. The van der Waals surface area contributed by atoms with Crippen LogP contribution in [0.3, 0.4) is 0 Å². The van der Waals surface area contributed by atoms with Crippen LogP contribution in [0.25, 0.3) is 11.1 Å². The van der Waals surface area contributed by atoms with Crippen molar-refractivity contribution < 1.29 is 93.1 Å². The molecule has 4 aromatic rings. The van der Waals surface area contributed by atoms with Gasteiger partial charge in [0.05, 0.1) is 51.0 Å². The Morgan fingerprint density at radius 3 is 1.84 bits per heavy atom. The lowest BCUT2D eigenvalue weighted by Gasteiger charge is -2.34. The molecule has 0 aliphatic heterocycles. The highest BCUT2D eigenvalue weighted by Crippen LogP contribution is 2.29. The smallest absolute Gasteiger partial charge is 0.305 e. The second kappa shape index (κ2) is 41.9. The number of aliphatic hydroxyl groups is 4. The summed E-state index contributed by atoms with van der Waals surface area (Å²) in [6.45, 7) is 10.7. The van der Waals surface area contributed by atoms with Crippen LogP contribution in [0.5, 0.6) is 5.75 Å². The molecule has 11 unspecified atom stereocenters. The van der Waals surface area contributed by atoms with Gasteiger partial charge in [-0.15, -0.1) is 0 Å². The van der Waals surface area contributed by atoms with Crippen molar-refractivity contribution in [3.8, 4) is 16.9 Å². The van der Waals surface area contributed by atoms with Crippen molar-refractivity contribution in [2.45, 2.75) is 186 Å². The van der Waals surface area contributed by atoms with Crippen LogP contribution in [-0.4, -0.2) is 196 Å². The number of aliphatic carboxylic acids is 1. The number of aryl methyl sites for hydroxylation is 4. The predicted octanol–water partition coefficient (Wildman–Crippen LogP) is -3.33. The predicted molar refractivity (Wildman–Crippen MR) is 384 cm³/mol. The van der Waals surface area contributed by atoms with E-state index in [-0.39, 0.29) is 30.7 Å². The van der Waals surface area contributed by atoms with Gasteiger partial charge in [0.1, 0.15) is 70.8 Å². The number of hydrazone groups is 1. The van der Waals surface area contributed by atoms with Crippen molar-refractivity contribution >= 4 is 70.9 Å². The van der Waals surface area contributed by atoms with Crippen LogP contribution in [0.1, 0.15) is 113 Å². The molecule has 0 aliphatic rings. The highest BCUT2D eigenvalue weighted by atomic mass is 19.1. The zero-order valence-electron chi connectivity index (χ0n) is 60.7. The Morgan fingerprint density at radius 1 is 0.667 bits per heavy atom. The largest absolute Gasteiger partial charge is 0.494 e. The molecule has 0 radical (unpaired) electrons. The Kier molecular flexibility index (Phi) is 34.8. The van der Waals surface area contributed by atoms with Crippen LogP contribution in [0.4, 0.5) is 4.39 Å². The van der Waals surface area contributed by atoms with Crippen molar-refractivity contribution in [3.05, 3.63) is 124 Å². The first-order chi connectivity index (χ1) is 49.5. The Morgan fingerprint density at radius 2 is 1.27 bits per heavy atom. The molecule has 25 N–H and O–H groups in total. The number of unbranched alkanes of at least 4 members (excludes halogenated alkanes) is 1. The molecule has 0 saturated carbocycles. The van der Waals surface area contributed by atoms with Crippen LogP contribution in [0, 0.1) is 25.1 Å². The molecule has 105 heavy (non-hydrogen) atoms. The molecule has 4 aromatic carbocycles. The van der Waals surface area contributed by atoms with Gasteiger partial charge >= 0.3 is 5.97 Å². The topological polar surface area (TPSA) is 549 Å². The molecule has 0 aromatic heterocycles. The van der Waals surface area contributed by atoms with Gasteiger partial charge in [-0.25, -0.2) is 9.82 Å². The zero-order valence-corrected chi connectivity index (χ0v) is 60.7. The quantitative estimate of drug-likeness (QED) is 0.00392. The molecule has 576 valence electrons. The molecule has 33 nitrogen and oxygen atoms in total. The summed E-state index contributed by atoms with van der Waals surface area (Å²) in [5.41, 5.74) is 22.1. The third-order valence-corrected chi connectivity index (χ3v) is 17.2. The van der Waals surface area contributed by atoms with Crippen molar-refractivity contribution in [2.75, 3.05) is 33.4 Å². The summed E-state index contributed by atoms with van der Waals surface area (Å²) >= 11 is 0. The van der Waals surface area contributed by atoms with Gasteiger partial charge in [-0.05, 0) is 139 Å². The highest BCUT2D eigenvalue weighted by Gasteiger charge is 2.43. The molecular formula is C71H104FN16O17+. The van der Waals surface area contributed by atoms with Gasteiger partial charge in [-0.1, -0.05) is 84.8 Å². The first-order valence-electron chi connectivity index (χ1n) is 34.3. The number of nitrogens with zero attached hydrogens (tertiary/aromatic N) is 1. The van der Waals surface area contributed by atoms with Gasteiger partial charge in [0, 0.05) is 26.3 Å². The van der Waals surface area contributed by atoms with Crippen LogP contribution < -0.4 is 86.5 Å². The number of amidine groups is 1. The molecule has 0 fully saturated rings. The number of hydrogen-bond acceptors (Lipinski definition) is 20. The Hall–Kier alpha value is -10.2. The third kappa shape index (κ3) is 27.4. The van der Waals surface area contributed by atoms with Crippen LogP contribution in [0.15, 0.2) is 90.0 Å². The first-order valence-corrected chi connectivity index (χ1v) is 34.3. The molecule has 0 aliphatic carbocycles. The summed E-state index contributed by atoms with van der Waals surface area (Å²) in [4.78, 5) is 150. The fourth-order valence-corrected chi connectivity index (χ4v) is 11.1. The number of hydrazine groups is 1. The van der Waals surface area contributed by atoms with Crippen molar-refractivity contribution in [1.29, 1.82) is 0 Å². The van der Waals surface area contributed by atoms with E-state index in [9.17, 15) is 78.3 Å². The number of carbonyl (C=O) groups excluding carboxylic acids is 10. The number of hydrogen-bond donors (Lipinski definition) is 20. The van der Waals surface area contributed by atoms with Gasteiger partial charge in [0.25, 0.3) is 0 Å². The molecule has 11 atom stereocenters. The number of nitrogens with one attached hydrogen (secondary N) is 11. The maximum Gasteiger partial charge on any atom is 0.305 e. The standard InChI is InChI=1S/C71H103FN16O17/c1-10-44-32-47(105-27-14-13-26-73)24-25-48(44)45-22-20-42(21-23-45)31-51(62(97)79-50(60(74)95)19-15-16-43-29-38(2)28-39(3)30-43)80-63(98)53(34-57(93)94)81-64(99)54(37-89)82-65(100)58(40(4)90)85-69(104)71(8,35-46-17-11-12-18-49(46)72)86-66(101)59(41(5)91)84-56(92)36-78-61(96)52(33-55(87-76)88-77-9)83-68(103)70(6,7)67(75)102/h11-12,17-18,20-25,28-30,32,40-41,50-54,58-59,61,77-78,89-91,96H,10,13-16,19,26-27,31,33-37,73,76H2,1-9H3,(H2,74,95)(H2,75,102)(H,79,97)(H,80,98)(H,81,99)(H,82,100)(H,83,103)(H,84,92)(H,85,104)(H,86,101)(H,87,88)(H,93,94)/p+1. The normalized spacial score (nSPS) is 15.0. The summed E-state index contributed by atoms with van der Waals surface area (Å²) in [6.07, 6.45) is -4.50. The molecule has 10 amide bonds. The maximum absolute atomic E-state index is 15.5. The number of halogens is 1. The summed E-state index contributed by atoms with van der Waals surface area (Å²) in [5.74, 6) is -7.85. The number of ether oxygens (including phenoxy) is 1. The van der Waals surface area contributed by atoms with E-state index >= 15 is 4.39 Å². The maximum atomic E-state index is 15.5. The van der Waals surface area contributed by atoms with E-state index in [2.05, 4.69) is 69.5 Å². The second-order valence-electron chi connectivity index (χ2n) is 26.4. The number of carboxylic acid groups (broad SMARTS) is 1.